The summed E-state index contributed by atoms with van der Waals surface area (Å²) in [4.78, 5) is 0.0556. The summed E-state index contributed by atoms with van der Waals surface area (Å²) in [5, 5.41) is 0.482. The standard InChI is InChI=1S/C18H19BrClF/c1-12(2)10-13-6-8-14(9-7-13)16(19)11-15-17(20)4-3-5-18(15)21/h3-9,12,16H,10-11H2,1-2H3. The molecule has 0 aromatic heterocycles. The highest BCUT2D eigenvalue weighted by Gasteiger charge is 2.14. The largest absolute Gasteiger partial charge is 0.207 e. The van der Waals surface area contributed by atoms with Crippen LogP contribution in [0.3, 0.4) is 0 Å². The van der Waals surface area contributed by atoms with Crippen LogP contribution in [-0.4, -0.2) is 0 Å². The van der Waals surface area contributed by atoms with Crippen LogP contribution in [0.15, 0.2) is 42.5 Å². The Morgan fingerprint density at radius 1 is 1.05 bits per heavy atom. The van der Waals surface area contributed by atoms with Gasteiger partial charge in [0.1, 0.15) is 5.82 Å². The lowest BCUT2D eigenvalue weighted by atomic mass is 9.99. The minimum Gasteiger partial charge on any atom is -0.207 e. The van der Waals surface area contributed by atoms with E-state index in [-0.39, 0.29) is 10.6 Å². The van der Waals surface area contributed by atoms with Crippen molar-refractivity contribution in [2.75, 3.05) is 0 Å². The fourth-order valence-electron chi connectivity index (χ4n) is 2.36. The molecule has 0 spiro atoms. The summed E-state index contributed by atoms with van der Waals surface area (Å²) in [5.41, 5.74) is 3.03. The first-order valence-corrected chi connectivity index (χ1v) is 8.42. The van der Waals surface area contributed by atoms with Crippen molar-refractivity contribution in [3.05, 3.63) is 70.0 Å². The molecule has 2 aromatic rings. The molecule has 0 heterocycles. The summed E-state index contributed by atoms with van der Waals surface area (Å²) >= 11 is 9.72. The zero-order valence-corrected chi connectivity index (χ0v) is 14.6. The first-order chi connectivity index (χ1) is 9.97. The average molecular weight is 370 g/mol. The van der Waals surface area contributed by atoms with E-state index in [0.29, 0.717) is 22.9 Å². The number of halogens is 3. The Kier molecular flexibility index (Phi) is 5.83. The summed E-state index contributed by atoms with van der Waals surface area (Å²) in [6.07, 6.45) is 1.61. The monoisotopic (exact) mass is 368 g/mol. The van der Waals surface area contributed by atoms with E-state index >= 15 is 0 Å². The van der Waals surface area contributed by atoms with Crippen LogP contribution in [0.4, 0.5) is 4.39 Å². The van der Waals surface area contributed by atoms with Crippen molar-refractivity contribution in [1.82, 2.24) is 0 Å². The number of benzene rings is 2. The molecule has 1 unspecified atom stereocenters. The quantitative estimate of drug-likeness (QED) is 0.538. The van der Waals surface area contributed by atoms with Gasteiger partial charge in [0, 0.05) is 15.4 Å². The Morgan fingerprint density at radius 3 is 2.29 bits per heavy atom. The van der Waals surface area contributed by atoms with Crippen LogP contribution in [0.5, 0.6) is 0 Å². The second-order valence-electron chi connectivity index (χ2n) is 5.71. The molecule has 0 fully saturated rings. The van der Waals surface area contributed by atoms with Crippen LogP contribution < -0.4 is 0 Å². The molecule has 0 N–H and O–H groups in total. The fraction of sp³-hybridized carbons (Fsp3) is 0.333. The maximum Gasteiger partial charge on any atom is 0.127 e. The Labute approximate surface area is 139 Å². The highest BCUT2D eigenvalue weighted by Crippen LogP contribution is 2.31. The first-order valence-electron chi connectivity index (χ1n) is 7.13. The SMILES string of the molecule is CC(C)Cc1ccc(C(Br)Cc2c(F)cccc2Cl)cc1. The lowest BCUT2D eigenvalue weighted by Crippen LogP contribution is -2.00. The van der Waals surface area contributed by atoms with E-state index in [1.165, 1.54) is 11.6 Å². The zero-order chi connectivity index (χ0) is 15.4. The molecule has 112 valence electrons. The van der Waals surface area contributed by atoms with E-state index in [2.05, 4.69) is 54.0 Å². The Bertz CT molecular complexity index is 572. The highest BCUT2D eigenvalue weighted by molar-refractivity contribution is 9.09. The van der Waals surface area contributed by atoms with E-state index in [1.807, 2.05) is 0 Å². The van der Waals surface area contributed by atoms with Crippen LogP contribution in [0.2, 0.25) is 5.02 Å². The molecule has 1 atom stereocenters. The van der Waals surface area contributed by atoms with Crippen LogP contribution in [0, 0.1) is 11.7 Å². The molecule has 0 radical (unpaired) electrons. The van der Waals surface area contributed by atoms with Crippen molar-refractivity contribution in [2.45, 2.75) is 31.5 Å². The molecule has 0 amide bonds. The van der Waals surface area contributed by atoms with Gasteiger partial charge in [0.05, 0.1) is 0 Å². The third-order valence-electron chi connectivity index (χ3n) is 3.43. The molecule has 2 aromatic carbocycles. The molecule has 2 rings (SSSR count). The van der Waals surface area contributed by atoms with Crippen molar-refractivity contribution < 1.29 is 4.39 Å². The third-order valence-corrected chi connectivity index (χ3v) is 4.64. The van der Waals surface area contributed by atoms with E-state index < -0.39 is 0 Å². The van der Waals surface area contributed by atoms with Gasteiger partial charge in [-0.3, -0.25) is 0 Å². The van der Waals surface area contributed by atoms with E-state index in [4.69, 9.17) is 11.6 Å². The third kappa shape index (κ3) is 4.55. The van der Waals surface area contributed by atoms with E-state index in [0.717, 1.165) is 12.0 Å². The lowest BCUT2D eigenvalue weighted by molar-refractivity contribution is 0.608. The van der Waals surface area contributed by atoms with Crippen molar-refractivity contribution in [2.24, 2.45) is 5.92 Å². The summed E-state index contributed by atoms with van der Waals surface area (Å²) in [6.45, 7) is 4.42. The van der Waals surface area contributed by atoms with Gasteiger partial charge in [0.25, 0.3) is 0 Å². The number of alkyl halides is 1. The molecule has 0 aliphatic rings. The van der Waals surface area contributed by atoms with Crippen molar-refractivity contribution in [1.29, 1.82) is 0 Å². The predicted molar refractivity (Wildman–Crippen MR) is 91.8 cm³/mol. The number of hydrogen-bond donors (Lipinski definition) is 0. The van der Waals surface area contributed by atoms with E-state index in [9.17, 15) is 4.39 Å². The fourth-order valence-corrected chi connectivity index (χ4v) is 3.23. The zero-order valence-electron chi connectivity index (χ0n) is 12.2. The van der Waals surface area contributed by atoms with Gasteiger partial charge in [0.2, 0.25) is 0 Å². The van der Waals surface area contributed by atoms with Gasteiger partial charge >= 0.3 is 0 Å². The van der Waals surface area contributed by atoms with Gasteiger partial charge in [-0.15, -0.1) is 0 Å². The number of rotatable bonds is 5. The van der Waals surface area contributed by atoms with Crippen molar-refractivity contribution >= 4 is 27.5 Å². The summed E-state index contributed by atoms with van der Waals surface area (Å²) in [7, 11) is 0. The summed E-state index contributed by atoms with van der Waals surface area (Å²) < 4.78 is 13.8. The highest BCUT2D eigenvalue weighted by atomic mass is 79.9. The lowest BCUT2D eigenvalue weighted by Gasteiger charge is -2.13. The molecule has 21 heavy (non-hydrogen) atoms. The molecule has 0 nitrogen and oxygen atoms in total. The molecule has 0 aliphatic carbocycles. The Hall–Kier alpha value is -0.860. The maximum absolute atomic E-state index is 13.8. The van der Waals surface area contributed by atoms with Crippen molar-refractivity contribution in [3.8, 4) is 0 Å². The summed E-state index contributed by atoms with van der Waals surface area (Å²) in [5.74, 6) is 0.399. The molecule has 0 saturated heterocycles. The first kappa shape index (κ1) is 16.5. The van der Waals surface area contributed by atoms with Crippen LogP contribution in [0.1, 0.15) is 35.4 Å². The molecule has 3 heteroatoms. The molecule has 0 saturated carbocycles. The molecular formula is C18H19BrClF. The minimum absolute atomic E-state index is 0.0556. The van der Waals surface area contributed by atoms with Gasteiger partial charge in [-0.2, -0.15) is 0 Å². The van der Waals surface area contributed by atoms with Crippen LogP contribution in [-0.2, 0) is 12.8 Å². The van der Waals surface area contributed by atoms with Crippen molar-refractivity contribution in [3.63, 3.8) is 0 Å². The normalized spacial score (nSPS) is 12.7. The second kappa shape index (κ2) is 7.42. The smallest absolute Gasteiger partial charge is 0.127 e. The average Bonchev–Trinajstić information content (AvgIpc) is 2.43. The second-order valence-corrected chi connectivity index (χ2v) is 7.22. The predicted octanol–water partition coefficient (Wildman–Crippen LogP) is 6.36. The van der Waals surface area contributed by atoms with Gasteiger partial charge in [0.15, 0.2) is 0 Å². The molecular weight excluding hydrogens is 351 g/mol. The van der Waals surface area contributed by atoms with Gasteiger partial charge in [-0.1, -0.05) is 71.7 Å². The van der Waals surface area contributed by atoms with Gasteiger partial charge in [-0.05, 0) is 42.0 Å². The van der Waals surface area contributed by atoms with E-state index in [1.54, 1.807) is 12.1 Å². The number of hydrogen-bond acceptors (Lipinski definition) is 0. The molecule has 0 bridgehead atoms. The molecule has 0 aliphatic heterocycles. The van der Waals surface area contributed by atoms with Crippen LogP contribution in [0.25, 0.3) is 0 Å². The van der Waals surface area contributed by atoms with Gasteiger partial charge < -0.3 is 0 Å². The Morgan fingerprint density at radius 2 is 1.71 bits per heavy atom. The summed E-state index contributed by atoms with van der Waals surface area (Å²) in [6, 6.07) is 13.3. The Balaban J connectivity index is 2.11. The van der Waals surface area contributed by atoms with Gasteiger partial charge in [-0.25, -0.2) is 4.39 Å². The minimum atomic E-state index is -0.247. The topological polar surface area (TPSA) is 0 Å². The van der Waals surface area contributed by atoms with Crippen LogP contribution >= 0.6 is 27.5 Å². The maximum atomic E-state index is 13.8.